The molecule has 150 valence electrons. The van der Waals surface area contributed by atoms with Gasteiger partial charge < -0.3 is 19.2 Å². The molecule has 1 N–H and O–H groups in total. The zero-order valence-electron chi connectivity index (χ0n) is 16.7. The predicted octanol–water partition coefficient (Wildman–Crippen LogP) is 3.82. The molecular weight excluding hydrogens is 354 g/mol. The van der Waals surface area contributed by atoms with Crippen molar-refractivity contribution in [1.29, 1.82) is 0 Å². The Balaban J connectivity index is 1.70. The third kappa shape index (κ3) is 3.15. The summed E-state index contributed by atoms with van der Waals surface area (Å²) >= 11 is 0. The van der Waals surface area contributed by atoms with Crippen LogP contribution in [0, 0.1) is 0 Å². The van der Waals surface area contributed by atoms with Crippen LogP contribution in [-0.4, -0.2) is 39.4 Å². The van der Waals surface area contributed by atoms with Crippen molar-refractivity contribution in [2.45, 2.75) is 70.5 Å². The highest BCUT2D eigenvalue weighted by atomic mass is 16.3. The van der Waals surface area contributed by atoms with Crippen molar-refractivity contribution < 1.29 is 14.0 Å². The molecule has 0 spiro atoms. The molecule has 2 aromatic heterocycles. The van der Waals surface area contributed by atoms with Crippen molar-refractivity contribution in [3.05, 3.63) is 36.2 Å². The van der Waals surface area contributed by atoms with Crippen molar-refractivity contribution in [2.75, 3.05) is 6.54 Å². The summed E-state index contributed by atoms with van der Waals surface area (Å²) in [5.74, 6) is 0.579. The van der Waals surface area contributed by atoms with E-state index in [1.807, 2.05) is 35.8 Å². The van der Waals surface area contributed by atoms with Crippen LogP contribution < -0.4 is 5.32 Å². The van der Waals surface area contributed by atoms with E-state index >= 15 is 0 Å². The fourth-order valence-corrected chi connectivity index (χ4v) is 4.49. The number of furan rings is 1. The molecule has 1 fully saturated rings. The molecule has 4 rings (SSSR count). The second-order valence-electron chi connectivity index (χ2n) is 8.21. The molecule has 1 saturated carbocycles. The minimum Gasteiger partial charge on any atom is -0.463 e. The first-order valence-corrected chi connectivity index (χ1v) is 10.4. The lowest BCUT2D eigenvalue weighted by molar-refractivity contribution is -0.133. The van der Waals surface area contributed by atoms with Gasteiger partial charge in [-0.1, -0.05) is 26.2 Å². The third-order valence-electron chi connectivity index (χ3n) is 6.20. The number of fused-ring (bicyclic) bond motifs is 1. The summed E-state index contributed by atoms with van der Waals surface area (Å²) in [5.41, 5.74) is 0.541. The van der Waals surface area contributed by atoms with E-state index in [4.69, 9.17) is 4.42 Å². The zero-order chi connectivity index (χ0) is 19.7. The van der Waals surface area contributed by atoms with Gasteiger partial charge in [-0.2, -0.15) is 0 Å². The molecule has 0 aromatic carbocycles. The summed E-state index contributed by atoms with van der Waals surface area (Å²) in [5, 5.41) is 3.22. The smallest absolute Gasteiger partial charge is 0.271 e. The van der Waals surface area contributed by atoms with Crippen LogP contribution in [-0.2, 0) is 11.3 Å². The molecule has 28 heavy (non-hydrogen) atoms. The lowest BCUT2D eigenvalue weighted by atomic mass is 9.93. The van der Waals surface area contributed by atoms with Crippen molar-refractivity contribution in [3.63, 3.8) is 0 Å². The minimum absolute atomic E-state index is 0.0476. The average Bonchev–Trinajstić information content (AvgIpc) is 3.42. The number of amides is 2. The van der Waals surface area contributed by atoms with Crippen molar-refractivity contribution in [1.82, 2.24) is 14.8 Å². The van der Waals surface area contributed by atoms with Crippen LogP contribution in [0.25, 0.3) is 11.5 Å². The number of nitrogens with zero attached hydrogens (tertiary/aromatic N) is 2. The maximum atomic E-state index is 13.4. The lowest BCUT2D eigenvalue weighted by Crippen LogP contribution is -2.65. The first-order valence-electron chi connectivity index (χ1n) is 10.4. The quantitative estimate of drug-likeness (QED) is 0.824. The van der Waals surface area contributed by atoms with E-state index in [0.29, 0.717) is 24.5 Å². The van der Waals surface area contributed by atoms with Crippen LogP contribution in [0.2, 0.25) is 0 Å². The molecule has 0 saturated heterocycles. The van der Waals surface area contributed by atoms with Gasteiger partial charge >= 0.3 is 0 Å². The van der Waals surface area contributed by atoms with Crippen LogP contribution in [0.4, 0.5) is 0 Å². The van der Waals surface area contributed by atoms with Crippen LogP contribution in [0.5, 0.6) is 0 Å². The van der Waals surface area contributed by atoms with Gasteiger partial charge in [-0.05, 0) is 50.5 Å². The van der Waals surface area contributed by atoms with Crippen LogP contribution in [0.1, 0.15) is 62.9 Å². The summed E-state index contributed by atoms with van der Waals surface area (Å²) in [4.78, 5) is 28.5. The zero-order valence-corrected chi connectivity index (χ0v) is 16.7. The third-order valence-corrected chi connectivity index (χ3v) is 6.20. The number of unbranched alkanes of at least 4 members (excludes halogenated alkanes) is 1. The molecule has 0 radical (unpaired) electrons. The average molecular weight is 383 g/mol. The largest absolute Gasteiger partial charge is 0.463 e. The molecule has 6 heteroatoms. The van der Waals surface area contributed by atoms with Gasteiger partial charge in [0.15, 0.2) is 0 Å². The van der Waals surface area contributed by atoms with Crippen LogP contribution in [0.3, 0.4) is 0 Å². The SMILES string of the molecule is CCCCN1C(=O)c2ccc(-c3ccco3)n2C[C@]1(C)C(=O)NC1CCCC1. The van der Waals surface area contributed by atoms with Gasteiger partial charge in [-0.3, -0.25) is 9.59 Å². The normalized spacial score (nSPS) is 22.5. The number of hydrogen-bond acceptors (Lipinski definition) is 3. The fraction of sp³-hybridized carbons (Fsp3) is 0.545. The standard InChI is InChI=1S/C22H29N3O3/c1-3-4-13-25-20(26)18-12-11-17(19-10-7-14-28-19)24(18)15-22(25,2)21(27)23-16-8-5-6-9-16/h7,10-12,14,16H,3-6,8-9,13,15H2,1-2H3,(H,23,27)/t22-/m1/s1. The Hall–Kier alpha value is -2.50. The highest BCUT2D eigenvalue weighted by Crippen LogP contribution is 2.34. The van der Waals surface area contributed by atoms with E-state index in [1.54, 1.807) is 11.2 Å². The van der Waals surface area contributed by atoms with E-state index in [2.05, 4.69) is 12.2 Å². The van der Waals surface area contributed by atoms with E-state index in [-0.39, 0.29) is 17.9 Å². The lowest BCUT2D eigenvalue weighted by Gasteiger charge is -2.44. The van der Waals surface area contributed by atoms with Gasteiger partial charge in [0.05, 0.1) is 18.5 Å². The second-order valence-corrected chi connectivity index (χ2v) is 8.21. The highest BCUT2D eigenvalue weighted by molar-refractivity contribution is 6.00. The van der Waals surface area contributed by atoms with Gasteiger partial charge in [0.2, 0.25) is 5.91 Å². The van der Waals surface area contributed by atoms with E-state index in [0.717, 1.165) is 44.2 Å². The molecule has 0 unspecified atom stereocenters. The topological polar surface area (TPSA) is 67.5 Å². The number of hydrogen-bond donors (Lipinski definition) is 1. The van der Waals surface area contributed by atoms with E-state index < -0.39 is 5.54 Å². The van der Waals surface area contributed by atoms with Crippen molar-refractivity contribution in [3.8, 4) is 11.5 Å². The van der Waals surface area contributed by atoms with Crippen LogP contribution in [0.15, 0.2) is 34.9 Å². The number of carbonyl (C=O) groups excluding carboxylic acids is 2. The molecule has 3 heterocycles. The van der Waals surface area contributed by atoms with Crippen molar-refractivity contribution >= 4 is 11.8 Å². The molecule has 0 bridgehead atoms. The van der Waals surface area contributed by atoms with Gasteiger partial charge in [-0.15, -0.1) is 0 Å². The summed E-state index contributed by atoms with van der Waals surface area (Å²) in [6.07, 6.45) is 7.84. The van der Waals surface area contributed by atoms with Gasteiger partial charge in [0.25, 0.3) is 5.91 Å². The second kappa shape index (κ2) is 7.49. The Morgan fingerprint density at radius 1 is 1.25 bits per heavy atom. The maximum Gasteiger partial charge on any atom is 0.271 e. The maximum absolute atomic E-state index is 13.4. The van der Waals surface area contributed by atoms with E-state index in [9.17, 15) is 9.59 Å². The summed E-state index contributed by atoms with van der Waals surface area (Å²) in [6, 6.07) is 7.69. The number of rotatable bonds is 6. The summed E-state index contributed by atoms with van der Waals surface area (Å²) in [7, 11) is 0. The van der Waals surface area contributed by atoms with Gasteiger partial charge in [0.1, 0.15) is 17.0 Å². The van der Waals surface area contributed by atoms with Crippen LogP contribution >= 0.6 is 0 Å². The predicted molar refractivity (Wildman–Crippen MR) is 107 cm³/mol. The Morgan fingerprint density at radius 3 is 2.68 bits per heavy atom. The highest BCUT2D eigenvalue weighted by Gasteiger charge is 2.48. The molecular formula is C22H29N3O3. The molecule has 1 atom stereocenters. The summed E-state index contributed by atoms with van der Waals surface area (Å²) < 4.78 is 7.50. The Bertz CT molecular complexity index is 849. The number of aromatic nitrogens is 1. The number of nitrogens with one attached hydrogen (secondary N) is 1. The monoisotopic (exact) mass is 383 g/mol. The van der Waals surface area contributed by atoms with Gasteiger partial charge in [-0.25, -0.2) is 0 Å². The molecule has 1 aliphatic heterocycles. The molecule has 1 aliphatic carbocycles. The first-order chi connectivity index (χ1) is 13.5. The first kappa shape index (κ1) is 18.8. The fourth-order valence-electron chi connectivity index (χ4n) is 4.49. The minimum atomic E-state index is -0.914. The molecule has 6 nitrogen and oxygen atoms in total. The number of carbonyl (C=O) groups is 2. The Labute approximate surface area is 165 Å². The summed E-state index contributed by atoms with van der Waals surface area (Å²) in [6.45, 7) is 5.02. The molecule has 2 aromatic rings. The Kier molecular flexibility index (Phi) is 5.04. The molecule has 2 aliphatic rings. The molecule has 2 amide bonds. The Morgan fingerprint density at radius 2 is 2.00 bits per heavy atom. The van der Waals surface area contributed by atoms with E-state index in [1.165, 1.54) is 0 Å². The van der Waals surface area contributed by atoms with Crippen molar-refractivity contribution in [2.24, 2.45) is 0 Å². The van der Waals surface area contributed by atoms with Gasteiger partial charge in [0, 0.05) is 12.6 Å².